The van der Waals surface area contributed by atoms with E-state index in [1.54, 1.807) is 6.21 Å². The molecule has 0 spiro atoms. The second-order valence-electron chi connectivity index (χ2n) is 7.15. The first-order chi connectivity index (χ1) is 14.0. The van der Waals surface area contributed by atoms with E-state index in [0.717, 1.165) is 21.3 Å². The summed E-state index contributed by atoms with van der Waals surface area (Å²) in [6.07, 6.45) is 1.57. The molecule has 0 fully saturated rings. The van der Waals surface area contributed by atoms with E-state index in [4.69, 9.17) is 5.10 Å². The summed E-state index contributed by atoms with van der Waals surface area (Å²) in [6, 6.07) is 24.3. The highest BCUT2D eigenvalue weighted by molar-refractivity contribution is 5.94. The van der Waals surface area contributed by atoms with Crippen molar-refractivity contribution in [3.8, 4) is 16.9 Å². The van der Waals surface area contributed by atoms with E-state index in [1.165, 1.54) is 4.68 Å². The van der Waals surface area contributed by atoms with E-state index < -0.39 is 0 Å². The van der Waals surface area contributed by atoms with E-state index in [9.17, 15) is 10.0 Å². The summed E-state index contributed by atoms with van der Waals surface area (Å²) in [5.74, 6) is 0. The maximum atomic E-state index is 13.0. The van der Waals surface area contributed by atoms with Crippen LogP contribution >= 0.6 is 0 Å². The molecule has 0 atom stereocenters. The first kappa shape index (κ1) is 18.6. The summed E-state index contributed by atoms with van der Waals surface area (Å²) in [5, 5.41) is 18.1. The predicted octanol–water partition coefficient (Wildman–Crippen LogP) is 4.39. The molecule has 4 rings (SSSR count). The zero-order valence-electron chi connectivity index (χ0n) is 16.3. The van der Waals surface area contributed by atoms with Gasteiger partial charge in [-0.2, -0.15) is 9.78 Å². The van der Waals surface area contributed by atoms with Crippen molar-refractivity contribution in [2.24, 2.45) is 0 Å². The van der Waals surface area contributed by atoms with Crippen LogP contribution in [0.15, 0.2) is 83.7 Å². The van der Waals surface area contributed by atoms with Crippen molar-refractivity contribution >= 4 is 17.0 Å². The van der Waals surface area contributed by atoms with Gasteiger partial charge in [-0.05, 0) is 44.2 Å². The van der Waals surface area contributed by atoms with Crippen LogP contribution in [-0.2, 0) is 0 Å². The zero-order chi connectivity index (χ0) is 20.4. The SMILES string of the molecule is CC(C)[N+]([O-])=Cc1cccc(-c2nn(-c3ccccc3)c(=O)c3ccccc23)c1. The highest BCUT2D eigenvalue weighted by Crippen LogP contribution is 2.26. The largest absolute Gasteiger partial charge is 0.624 e. The van der Waals surface area contributed by atoms with Gasteiger partial charge in [0.2, 0.25) is 0 Å². The molecule has 0 saturated carbocycles. The molecule has 0 aliphatic heterocycles. The van der Waals surface area contributed by atoms with Gasteiger partial charge < -0.3 is 5.21 Å². The van der Waals surface area contributed by atoms with Crippen molar-refractivity contribution < 1.29 is 4.74 Å². The molecule has 0 unspecified atom stereocenters. The number of hydrogen-bond donors (Lipinski definition) is 0. The van der Waals surface area contributed by atoms with Gasteiger partial charge in [0.05, 0.1) is 16.8 Å². The molecule has 1 aromatic heterocycles. The summed E-state index contributed by atoms with van der Waals surface area (Å²) in [7, 11) is 0. The Kier molecular flexibility index (Phi) is 4.96. The molecule has 4 aromatic rings. The molecule has 0 radical (unpaired) electrons. The Morgan fingerprint density at radius 3 is 2.34 bits per heavy atom. The number of aromatic nitrogens is 2. The minimum absolute atomic E-state index is 0.141. The van der Waals surface area contributed by atoms with Gasteiger partial charge in [-0.15, -0.1) is 0 Å². The van der Waals surface area contributed by atoms with Gasteiger partial charge in [0.25, 0.3) is 5.56 Å². The lowest BCUT2D eigenvalue weighted by Crippen LogP contribution is -2.22. The van der Waals surface area contributed by atoms with Gasteiger partial charge in [0, 0.05) is 16.5 Å². The molecule has 0 N–H and O–H groups in total. The van der Waals surface area contributed by atoms with Crippen LogP contribution in [0.4, 0.5) is 0 Å². The number of hydrogen-bond acceptors (Lipinski definition) is 3. The molecule has 29 heavy (non-hydrogen) atoms. The monoisotopic (exact) mass is 383 g/mol. The Morgan fingerprint density at radius 1 is 0.931 bits per heavy atom. The van der Waals surface area contributed by atoms with Crippen molar-refractivity contribution in [2.75, 3.05) is 0 Å². The van der Waals surface area contributed by atoms with Crippen molar-refractivity contribution in [3.05, 3.63) is 100.0 Å². The maximum absolute atomic E-state index is 13.0. The molecular weight excluding hydrogens is 362 g/mol. The molecule has 0 saturated heterocycles. The number of benzene rings is 3. The summed E-state index contributed by atoms with van der Waals surface area (Å²) >= 11 is 0. The minimum atomic E-state index is -0.163. The topological polar surface area (TPSA) is 61.0 Å². The predicted molar refractivity (Wildman–Crippen MR) is 117 cm³/mol. The molecule has 144 valence electrons. The van der Waals surface area contributed by atoms with Gasteiger partial charge in [0.1, 0.15) is 0 Å². The minimum Gasteiger partial charge on any atom is -0.624 e. The third-order valence-electron chi connectivity index (χ3n) is 4.75. The summed E-state index contributed by atoms with van der Waals surface area (Å²) in [5.41, 5.74) is 2.87. The molecule has 0 bridgehead atoms. The molecule has 5 heteroatoms. The van der Waals surface area contributed by atoms with Gasteiger partial charge in [-0.25, -0.2) is 4.74 Å². The third kappa shape index (κ3) is 3.67. The van der Waals surface area contributed by atoms with Crippen LogP contribution in [0.3, 0.4) is 0 Å². The van der Waals surface area contributed by atoms with E-state index in [2.05, 4.69) is 0 Å². The first-order valence-electron chi connectivity index (χ1n) is 9.53. The fourth-order valence-electron chi connectivity index (χ4n) is 3.21. The lowest BCUT2D eigenvalue weighted by Gasteiger charge is -2.12. The number of rotatable bonds is 4. The fourth-order valence-corrected chi connectivity index (χ4v) is 3.21. The van der Waals surface area contributed by atoms with Crippen molar-refractivity contribution in [1.82, 2.24) is 9.78 Å². The summed E-state index contributed by atoms with van der Waals surface area (Å²) in [4.78, 5) is 13.0. The Hall–Kier alpha value is -3.73. The Labute approximate surface area is 168 Å². The lowest BCUT2D eigenvalue weighted by molar-refractivity contribution is -0.487. The molecule has 1 heterocycles. The smallest absolute Gasteiger partial charge is 0.279 e. The van der Waals surface area contributed by atoms with Gasteiger partial charge >= 0.3 is 0 Å². The van der Waals surface area contributed by atoms with E-state index in [0.29, 0.717) is 16.8 Å². The molecular formula is C24H21N3O2. The average molecular weight is 383 g/mol. The van der Waals surface area contributed by atoms with Gasteiger partial charge in [0.15, 0.2) is 12.3 Å². The van der Waals surface area contributed by atoms with Crippen LogP contribution in [0, 0.1) is 5.21 Å². The van der Waals surface area contributed by atoms with E-state index >= 15 is 0 Å². The van der Waals surface area contributed by atoms with Crippen LogP contribution < -0.4 is 5.56 Å². The Balaban J connectivity index is 1.96. The highest BCUT2D eigenvalue weighted by Gasteiger charge is 2.14. The van der Waals surface area contributed by atoms with Gasteiger partial charge in [-0.3, -0.25) is 4.79 Å². The highest BCUT2D eigenvalue weighted by atomic mass is 16.5. The van der Waals surface area contributed by atoms with Crippen LogP contribution in [0.1, 0.15) is 19.4 Å². The van der Waals surface area contributed by atoms with E-state index in [1.807, 2.05) is 92.7 Å². The molecule has 0 aliphatic carbocycles. The van der Waals surface area contributed by atoms with E-state index in [-0.39, 0.29) is 11.6 Å². The van der Waals surface area contributed by atoms with Crippen LogP contribution in [0.25, 0.3) is 27.7 Å². The number of fused-ring (bicyclic) bond motifs is 1. The van der Waals surface area contributed by atoms with Crippen LogP contribution in [0.2, 0.25) is 0 Å². The quantitative estimate of drug-likeness (QED) is 0.227. The van der Waals surface area contributed by atoms with Crippen LogP contribution in [0.5, 0.6) is 0 Å². The standard InChI is InChI=1S/C24H21N3O2/c1-17(2)26(29)16-18-9-8-10-19(15-18)23-21-13-6-7-14-22(21)24(28)27(25-23)20-11-4-3-5-12-20/h3-17H,1-2H3. The van der Waals surface area contributed by atoms with Crippen LogP contribution in [-0.4, -0.2) is 26.8 Å². The molecule has 5 nitrogen and oxygen atoms in total. The second kappa shape index (κ2) is 7.72. The third-order valence-corrected chi connectivity index (χ3v) is 4.75. The molecule has 3 aromatic carbocycles. The van der Waals surface area contributed by atoms with Crippen molar-refractivity contribution in [3.63, 3.8) is 0 Å². The number of para-hydroxylation sites is 1. The first-order valence-corrected chi connectivity index (χ1v) is 9.53. The fraction of sp³-hybridized carbons (Fsp3) is 0.125. The second-order valence-corrected chi connectivity index (χ2v) is 7.15. The summed E-state index contributed by atoms with van der Waals surface area (Å²) < 4.78 is 2.36. The van der Waals surface area contributed by atoms with Crippen molar-refractivity contribution in [2.45, 2.75) is 19.9 Å². The van der Waals surface area contributed by atoms with Gasteiger partial charge in [-0.1, -0.05) is 48.5 Å². The molecule has 0 aliphatic rings. The average Bonchev–Trinajstić information content (AvgIpc) is 2.75. The lowest BCUT2D eigenvalue weighted by atomic mass is 10.0. The zero-order valence-corrected chi connectivity index (χ0v) is 16.3. The van der Waals surface area contributed by atoms with Crippen molar-refractivity contribution in [1.29, 1.82) is 0 Å². The Morgan fingerprint density at radius 2 is 1.62 bits per heavy atom. The number of hydroxylamine groups is 1. The summed E-state index contributed by atoms with van der Waals surface area (Å²) in [6.45, 7) is 3.69. The number of nitrogens with zero attached hydrogens (tertiary/aromatic N) is 3. The Bertz CT molecular complexity index is 1260. The molecule has 0 amide bonds. The maximum Gasteiger partial charge on any atom is 0.279 e. The normalized spacial score (nSPS) is 11.9.